The second-order valence-electron chi connectivity index (χ2n) is 5.36. The number of primary amides is 1. The van der Waals surface area contributed by atoms with Gasteiger partial charge in [-0.1, -0.05) is 6.42 Å². The van der Waals surface area contributed by atoms with Gasteiger partial charge in [-0.15, -0.1) is 0 Å². The van der Waals surface area contributed by atoms with E-state index in [9.17, 15) is 4.79 Å². The maximum atomic E-state index is 11.4. The predicted molar refractivity (Wildman–Crippen MR) is 80.5 cm³/mol. The summed E-state index contributed by atoms with van der Waals surface area (Å²) in [5, 5.41) is 3.21. The van der Waals surface area contributed by atoms with Crippen molar-refractivity contribution in [3.8, 4) is 0 Å². The number of nitrogens with two attached hydrogens (primary N) is 2. The number of rotatable bonds is 5. The molecule has 110 valence electrons. The number of pyridine rings is 1. The first-order valence-electron chi connectivity index (χ1n) is 7.11. The highest BCUT2D eigenvalue weighted by Crippen LogP contribution is 2.16. The number of likely N-dealkylation sites (tertiary alicyclic amines) is 1. The molecule has 2 heterocycles. The summed E-state index contributed by atoms with van der Waals surface area (Å²) in [6, 6.07) is 1.96. The van der Waals surface area contributed by atoms with Gasteiger partial charge in [0.05, 0.1) is 17.4 Å². The third-order valence-corrected chi connectivity index (χ3v) is 3.75. The summed E-state index contributed by atoms with van der Waals surface area (Å²) < 4.78 is 0. The molecule has 1 saturated heterocycles. The van der Waals surface area contributed by atoms with Crippen LogP contribution in [0.4, 0.5) is 11.5 Å². The van der Waals surface area contributed by atoms with E-state index in [2.05, 4.69) is 22.1 Å². The molecule has 0 saturated carbocycles. The number of amides is 1. The van der Waals surface area contributed by atoms with Crippen LogP contribution in [0.1, 0.15) is 36.5 Å². The van der Waals surface area contributed by atoms with Crippen molar-refractivity contribution in [2.75, 3.05) is 30.7 Å². The monoisotopic (exact) mass is 277 g/mol. The fourth-order valence-electron chi connectivity index (χ4n) is 2.54. The highest BCUT2D eigenvalue weighted by molar-refractivity contribution is 5.98. The Labute approximate surface area is 119 Å². The zero-order valence-corrected chi connectivity index (χ0v) is 11.9. The normalized spacial score (nSPS) is 17.6. The molecule has 6 nitrogen and oxygen atoms in total. The molecule has 0 spiro atoms. The summed E-state index contributed by atoms with van der Waals surface area (Å²) in [4.78, 5) is 18.0. The van der Waals surface area contributed by atoms with Gasteiger partial charge in [-0.05, 0) is 38.9 Å². The molecule has 1 unspecified atom stereocenters. The summed E-state index contributed by atoms with van der Waals surface area (Å²) in [6.45, 7) is 5.19. The molecule has 0 aliphatic carbocycles. The Bertz CT molecular complexity index is 471. The smallest absolute Gasteiger partial charge is 0.252 e. The fraction of sp³-hybridized carbons (Fsp3) is 0.571. The van der Waals surface area contributed by atoms with Crippen molar-refractivity contribution >= 4 is 17.4 Å². The topological polar surface area (TPSA) is 97.3 Å². The Morgan fingerprint density at radius 3 is 2.80 bits per heavy atom. The quantitative estimate of drug-likeness (QED) is 0.747. The van der Waals surface area contributed by atoms with Gasteiger partial charge in [-0.25, -0.2) is 4.98 Å². The van der Waals surface area contributed by atoms with Crippen LogP contribution in [0.5, 0.6) is 0 Å². The Morgan fingerprint density at radius 1 is 1.45 bits per heavy atom. The SMILES string of the molecule is CC(CNc1ncc(N)cc1C(N)=O)N1CCCCC1. The largest absolute Gasteiger partial charge is 0.397 e. The summed E-state index contributed by atoms with van der Waals surface area (Å²) in [6.07, 6.45) is 5.37. The van der Waals surface area contributed by atoms with E-state index in [0.717, 1.165) is 19.6 Å². The van der Waals surface area contributed by atoms with Crippen molar-refractivity contribution in [1.82, 2.24) is 9.88 Å². The van der Waals surface area contributed by atoms with E-state index in [-0.39, 0.29) is 0 Å². The highest BCUT2D eigenvalue weighted by Gasteiger charge is 2.17. The Kier molecular flexibility index (Phi) is 4.79. The summed E-state index contributed by atoms with van der Waals surface area (Å²) >= 11 is 0. The molecule has 1 atom stereocenters. The first-order chi connectivity index (χ1) is 9.58. The summed E-state index contributed by atoms with van der Waals surface area (Å²) in [5.74, 6) is -0.00603. The van der Waals surface area contributed by atoms with Crippen LogP contribution in [0.25, 0.3) is 0 Å². The maximum absolute atomic E-state index is 11.4. The number of hydrogen-bond acceptors (Lipinski definition) is 5. The Balaban J connectivity index is 1.97. The van der Waals surface area contributed by atoms with Crippen LogP contribution in [0.15, 0.2) is 12.3 Å². The number of hydrogen-bond donors (Lipinski definition) is 3. The lowest BCUT2D eigenvalue weighted by atomic mass is 10.1. The van der Waals surface area contributed by atoms with Gasteiger partial charge in [0.25, 0.3) is 5.91 Å². The van der Waals surface area contributed by atoms with Crippen LogP contribution in [-0.2, 0) is 0 Å². The Hall–Kier alpha value is -1.82. The molecule has 0 radical (unpaired) electrons. The van der Waals surface area contributed by atoms with Crippen molar-refractivity contribution in [3.63, 3.8) is 0 Å². The van der Waals surface area contributed by atoms with E-state index in [1.165, 1.54) is 25.5 Å². The van der Waals surface area contributed by atoms with E-state index >= 15 is 0 Å². The van der Waals surface area contributed by atoms with E-state index in [0.29, 0.717) is 23.1 Å². The minimum absolute atomic E-state index is 0.343. The molecule has 1 fully saturated rings. The molecule has 1 amide bonds. The number of piperidine rings is 1. The van der Waals surface area contributed by atoms with Crippen LogP contribution in [0.2, 0.25) is 0 Å². The molecule has 1 aromatic heterocycles. The zero-order valence-electron chi connectivity index (χ0n) is 11.9. The average molecular weight is 277 g/mol. The van der Waals surface area contributed by atoms with Crippen LogP contribution < -0.4 is 16.8 Å². The molecule has 6 heteroatoms. The van der Waals surface area contributed by atoms with Gasteiger partial charge < -0.3 is 16.8 Å². The highest BCUT2D eigenvalue weighted by atomic mass is 16.1. The molecule has 1 aromatic rings. The molecule has 2 rings (SSSR count). The number of nitrogen functional groups attached to an aromatic ring is 1. The minimum atomic E-state index is -0.516. The van der Waals surface area contributed by atoms with Gasteiger partial charge in [-0.3, -0.25) is 9.69 Å². The molecule has 0 bridgehead atoms. The number of anilines is 2. The van der Waals surface area contributed by atoms with Gasteiger partial charge in [0.15, 0.2) is 0 Å². The molecular formula is C14H23N5O. The lowest BCUT2D eigenvalue weighted by Crippen LogP contribution is -2.41. The van der Waals surface area contributed by atoms with Crippen molar-refractivity contribution < 1.29 is 4.79 Å². The summed E-state index contributed by atoms with van der Waals surface area (Å²) in [7, 11) is 0. The zero-order chi connectivity index (χ0) is 14.5. The third kappa shape index (κ3) is 3.60. The third-order valence-electron chi connectivity index (χ3n) is 3.75. The number of nitrogens with one attached hydrogen (secondary N) is 1. The van der Waals surface area contributed by atoms with E-state index in [4.69, 9.17) is 11.5 Å². The lowest BCUT2D eigenvalue weighted by Gasteiger charge is -2.32. The number of carbonyl (C=O) groups is 1. The van der Waals surface area contributed by atoms with Crippen molar-refractivity contribution in [2.24, 2.45) is 5.73 Å². The lowest BCUT2D eigenvalue weighted by molar-refractivity contribution is 0.100. The van der Waals surface area contributed by atoms with Gasteiger partial charge in [-0.2, -0.15) is 0 Å². The fourth-order valence-corrected chi connectivity index (χ4v) is 2.54. The molecule has 0 aromatic carbocycles. The standard InChI is InChI=1S/C14H23N5O/c1-10(19-5-3-2-4-6-19)8-17-14-12(13(16)20)7-11(15)9-18-14/h7,9-10H,2-6,8,15H2,1H3,(H2,16,20)(H,17,18). The molecule has 1 aliphatic rings. The predicted octanol–water partition coefficient (Wildman–Crippen LogP) is 1.05. The van der Waals surface area contributed by atoms with E-state index in [1.54, 1.807) is 6.07 Å². The first-order valence-corrected chi connectivity index (χ1v) is 7.11. The number of carbonyl (C=O) groups excluding carboxylic acids is 1. The van der Waals surface area contributed by atoms with E-state index in [1.807, 2.05) is 0 Å². The number of nitrogens with zero attached hydrogens (tertiary/aromatic N) is 2. The van der Waals surface area contributed by atoms with E-state index < -0.39 is 5.91 Å². The van der Waals surface area contributed by atoms with Crippen LogP contribution >= 0.6 is 0 Å². The molecule has 1 aliphatic heterocycles. The van der Waals surface area contributed by atoms with Crippen LogP contribution in [0, 0.1) is 0 Å². The second kappa shape index (κ2) is 6.56. The average Bonchev–Trinajstić information content (AvgIpc) is 2.46. The first kappa shape index (κ1) is 14.6. The van der Waals surface area contributed by atoms with Crippen molar-refractivity contribution in [3.05, 3.63) is 17.8 Å². The molecule has 20 heavy (non-hydrogen) atoms. The second-order valence-corrected chi connectivity index (χ2v) is 5.36. The summed E-state index contributed by atoms with van der Waals surface area (Å²) in [5.41, 5.74) is 11.8. The van der Waals surface area contributed by atoms with Gasteiger partial charge in [0.1, 0.15) is 5.82 Å². The molecule has 5 N–H and O–H groups in total. The van der Waals surface area contributed by atoms with Gasteiger partial charge in [0.2, 0.25) is 0 Å². The van der Waals surface area contributed by atoms with Crippen LogP contribution in [-0.4, -0.2) is 41.5 Å². The molecular weight excluding hydrogens is 254 g/mol. The van der Waals surface area contributed by atoms with Crippen molar-refractivity contribution in [1.29, 1.82) is 0 Å². The van der Waals surface area contributed by atoms with Gasteiger partial charge in [0, 0.05) is 12.6 Å². The maximum Gasteiger partial charge on any atom is 0.252 e. The van der Waals surface area contributed by atoms with Gasteiger partial charge >= 0.3 is 0 Å². The Morgan fingerprint density at radius 2 is 2.15 bits per heavy atom. The number of aromatic nitrogens is 1. The van der Waals surface area contributed by atoms with Crippen molar-refractivity contribution in [2.45, 2.75) is 32.2 Å². The van der Waals surface area contributed by atoms with Crippen LogP contribution in [0.3, 0.4) is 0 Å². The minimum Gasteiger partial charge on any atom is -0.397 e.